The Labute approximate surface area is 82.8 Å². The Hall–Kier alpha value is -1.51. The number of benzene rings is 1. The Kier molecular flexibility index (Phi) is 1.77. The molecule has 1 aromatic rings. The first-order valence-electron chi connectivity index (χ1n) is 4.62. The first-order chi connectivity index (χ1) is 6.49. The van der Waals surface area contributed by atoms with E-state index in [1.807, 2.05) is 13.8 Å². The number of fused-ring (bicyclic) bond motifs is 1. The van der Waals surface area contributed by atoms with Crippen LogP contribution in [0.2, 0.25) is 0 Å². The van der Waals surface area contributed by atoms with Crippen LogP contribution < -0.4 is 5.32 Å². The van der Waals surface area contributed by atoms with Gasteiger partial charge in [-0.3, -0.25) is 4.79 Å². The van der Waals surface area contributed by atoms with Gasteiger partial charge in [-0.05, 0) is 23.8 Å². The number of carbonyl (C=O) groups excluding carboxylic acids is 1. The molecule has 0 spiro atoms. The molecule has 3 nitrogen and oxygen atoms in total. The number of amides is 1. The monoisotopic (exact) mass is 191 g/mol. The number of rotatable bonds is 0. The maximum Gasteiger partial charge on any atom is 0.225 e. The van der Waals surface area contributed by atoms with E-state index < -0.39 is 0 Å². The zero-order valence-electron chi connectivity index (χ0n) is 8.29. The molecule has 1 aromatic carbocycles. The van der Waals surface area contributed by atoms with Gasteiger partial charge in [-0.25, -0.2) is 0 Å². The van der Waals surface area contributed by atoms with Crippen molar-refractivity contribution in [1.29, 1.82) is 0 Å². The van der Waals surface area contributed by atoms with Gasteiger partial charge in [0.05, 0.1) is 0 Å². The lowest BCUT2D eigenvalue weighted by Gasteiger charge is -2.31. The lowest BCUT2D eigenvalue weighted by atomic mass is 9.78. The van der Waals surface area contributed by atoms with Gasteiger partial charge in [0.25, 0.3) is 0 Å². The summed E-state index contributed by atoms with van der Waals surface area (Å²) in [6.45, 7) is 4.01. The van der Waals surface area contributed by atoms with E-state index in [9.17, 15) is 9.90 Å². The lowest BCUT2D eigenvalue weighted by molar-refractivity contribution is -0.117. The van der Waals surface area contributed by atoms with Gasteiger partial charge in [0.1, 0.15) is 5.75 Å². The average Bonchev–Trinajstić information content (AvgIpc) is 2.05. The van der Waals surface area contributed by atoms with E-state index in [0.717, 1.165) is 11.3 Å². The van der Waals surface area contributed by atoms with E-state index in [-0.39, 0.29) is 17.1 Å². The summed E-state index contributed by atoms with van der Waals surface area (Å²) >= 11 is 0. The smallest absolute Gasteiger partial charge is 0.225 e. The van der Waals surface area contributed by atoms with Crippen LogP contribution in [-0.4, -0.2) is 11.0 Å². The normalized spacial score (nSPS) is 18.6. The van der Waals surface area contributed by atoms with Crippen LogP contribution in [-0.2, 0) is 10.2 Å². The molecule has 1 aliphatic rings. The second kappa shape index (κ2) is 2.74. The van der Waals surface area contributed by atoms with E-state index in [0.29, 0.717) is 6.42 Å². The maximum absolute atomic E-state index is 11.4. The van der Waals surface area contributed by atoms with Crippen LogP contribution in [0.1, 0.15) is 25.8 Å². The third-order valence-electron chi connectivity index (χ3n) is 2.61. The van der Waals surface area contributed by atoms with Gasteiger partial charge in [-0.15, -0.1) is 0 Å². The van der Waals surface area contributed by atoms with Crippen molar-refractivity contribution in [2.75, 3.05) is 5.32 Å². The fraction of sp³-hybridized carbons (Fsp3) is 0.364. The molecular weight excluding hydrogens is 178 g/mol. The number of aromatic hydroxyl groups is 1. The van der Waals surface area contributed by atoms with Crippen LogP contribution >= 0.6 is 0 Å². The summed E-state index contributed by atoms with van der Waals surface area (Å²) in [7, 11) is 0. The van der Waals surface area contributed by atoms with Crippen LogP contribution in [0.25, 0.3) is 0 Å². The highest BCUT2D eigenvalue weighted by Gasteiger charge is 2.31. The predicted octanol–water partition coefficient (Wildman–Crippen LogP) is 2.01. The number of phenols is 1. The molecule has 0 saturated heterocycles. The number of nitrogens with one attached hydrogen (secondary N) is 1. The molecule has 0 fully saturated rings. The van der Waals surface area contributed by atoms with Crippen LogP contribution in [0.3, 0.4) is 0 Å². The molecule has 2 N–H and O–H groups in total. The fourth-order valence-corrected chi connectivity index (χ4v) is 1.89. The van der Waals surface area contributed by atoms with Gasteiger partial charge < -0.3 is 10.4 Å². The molecular formula is C11H13NO2. The van der Waals surface area contributed by atoms with Gasteiger partial charge in [0.2, 0.25) is 5.91 Å². The SMILES string of the molecule is CC1(C)CC(=O)Nc2ccc(O)cc21. The molecule has 1 amide bonds. The zero-order chi connectivity index (χ0) is 10.3. The first kappa shape index (κ1) is 9.06. The molecule has 14 heavy (non-hydrogen) atoms. The Morgan fingerprint density at radius 1 is 1.43 bits per heavy atom. The minimum atomic E-state index is -0.198. The van der Waals surface area contributed by atoms with E-state index >= 15 is 0 Å². The van der Waals surface area contributed by atoms with Gasteiger partial charge in [0.15, 0.2) is 0 Å². The van der Waals surface area contributed by atoms with Crippen molar-refractivity contribution in [1.82, 2.24) is 0 Å². The number of phenolic OH excluding ortho intramolecular Hbond substituents is 1. The largest absolute Gasteiger partial charge is 0.508 e. The highest BCUT2D eigenvalue weighted by atomic mass is 16.3. The molecule has 0 aliphatic carbocycles. The Bertz CT molecular complexity index is 396. The molecule has 74 valence electrons. The molecule has 0 radical (unpaired) electrons. The number of carbonyl (C=O) groups is 1. The van der Waals surface area contributed by atoms with Gasteiger partial charge in [-0.2, -0.15) is 0 Å². The topological polar surface area (TPSA) is 49.3 Å². The minimum Gasteiger partial charge on any atom is -0.508 e. The summed E-state index contributed by atoms with van der Waals surface area (Å²) < 4.78 is 0. The van der Waals surface area contributed by atoms with Crippen molar-refractivity contribution in [2.24, 2.45) is 0 Å². The fourth-order valence-electron chi connectivity index (χ4n) is 1.89. The molecule has 3 heteroatoms. The predicted molar refractivity (Wildman–Crippen MR) is 54.4 cm³/mol. The summed E-state index contributed by atoms with van der Waals surface area (Å²) in [6, 6.07) is 5.04. The van der Waals surface area contributed by atoms with Crippen LogP contribution in [0.15, 0.2) is 18.2 Å². The van der Waals surface area contributed by atoms with Crippen LogP contribution in [0, 0.1) is 0 Å². The zero-order valence-corrected chi connectivity index (χ0v) is 8.29. The standard InChI is InChI=1S/C11H13NO2/c1-11(2)6-10(14)12-9-4-3-7(13)5-8(9)11/h3-5,13H,6H2,1-2H3,(H,12,14). The molecule has 1 aliphatic heterocycles. The summed E-state index contributed by atoms with van der Waals surface area (Å²) in [4.78, 5) is 11.4. The quantitative estimate of drug-likeness (QED) is 0.616. The van der Waals surface area contributed by atoms with E-state index in [1.54, 1.807) is 18.2 Å². The van der Waals surface area contributed by atoms with E-state index in [4.69, 9.17) is 0 Å². The average molecular weight is 191 g/mol. The minimum absolute atomic E-state index is 0.0354. The Morgan fingerprint density at radius 3 is 2.86 bits per heavy atom. The molecule has 0 atom stereocenters. The molecule has 0 aromatic heterocycles. The van der Waals surface area contributed by atoms with Crippen molar-refractivity contribution in [2.45, 2.75) is 25.7 Å². The second-order valence-electron chi connectivity index (χ2n) is 4.34. The summed E-state index contributed by atoms with van der Waals surface area (Å²) in [5.41, 5.74) is 1.61. The maximum atomic E-state index is 11.4. The summed E-state index contributed by atoms with van der Waals surface area (Å²) in [5.74, 6) is 0.279. The molecule has 0 unspecified atom stereocenters. The van der Waals surface area contributed by atoms with Gasteiger partial charge >= 0.3 is 0 Å². The first-order valence-corrected chi connectivity index (χ1v) is 4.62. The third kappa shape index (κ3) is 1.35. The van der Waals surface area contributed by atoms with Crippen molar-refractivity contribution in [3.8, 4) is 5.75 Å². The van der Waals surface area contributed by atoms with E-state index in [2.05, 4.69) is 5.32 Å². The van der Waals surface area contributed by atoms with Crippen molar-refractivity contribution in [3.05, 3.63) is 23.8 Å². The van der Waals surface area contributed by atoms with Crippen molar-refractivity contribution >= 4 is 11.6 Å². The number of hydrogen-bond acceptors (Lipinski definition) is 2. The lowest BCUT2D eigenvalue weighted by Crippen LogP contribution is -2.32. The number of hydrogen-bond donors (Lipinski definition) is 2. The third-order valence-corrected chi connectivity index (χ3v) is 2.61. The van der Waals surface area contributed by atoms with Crippen LogP contribution in [0.4, 0.5) is 5.69 Å². The van der Waals surface area contributed by atoms with Crippen molar-refractivity contribution < 1.29 is 9.90 Å². The molecule has 0 saturated carbocycles. The van der Waals surface area contributed by atoms with Crippen LogP contribution in [0.5, 0.6) is 5.75 Å². The Balaban J connectivity index is 2.58. The molecule has 2 rings (SSSR count). The molecule has 0 bridgehead atoms. The van der Waals surface area contributed by atoms with Crippen molar-refractivity contribution in [3.63, 3.8) is 0 Å². The summed E-state index contributed by atoms with van der Waals surface area (Å²) in [6.07, 6.45) is 0.462. The summed E-state index contributed by atoms with van der Waals surface area (Å²) in [5, 5.41) is 12.2. The number of anilines is 1. The Morgan fingerprint density at radius 2 is 2.14 bits per heavy atom. The van der Waals surface area contributed by atoms with Gasteiger partial charge in [-0.1, -0.05) is 13.8 Å². The van der Waals surface area contributed by atoms with E-state index in [1.165, 1.54) is 0 Å². The highest BCUT2D eigenvalue weighted by Crippen LogP contribution is 2.38. The second-order valence-corrected chi connectivity index (χ2v) is 4.34. The molecule has 1 heterocycles. The van der Waals surface area contributed by atoms with Gasteiger partial charge in [0, 0.05) is 17.5 Å². The highest BCUT2D eigenvalue weighted by molar-refractivity contribution is 5.95.